The van der Waals surface area contributed by atoms with Crippen LogP contribution >= 0.6 is 11.6 Å². The Balaban J connectivity index is 2.13. The highest BCUT2D eigenvalue weighted by Crippen LogP contribution is 2.28. The molecule has 1 nitrogen and oxygen atoms in total. The van der Waals surface area contributed by atoms with Crippen molar-refractivity contribution in [3.63, 3.8) is 0 Å². The predicted octanol–water partition coefficient (Wildman–Crippen LogP) is 3.56. The number of ketones is 1. The van der Waals surface area contributed by atoms with Gasteiger partial charge in [0.15, 0.2) is 0 Å². The van der Waals surface area contributed by atoms with Crippen molar-refractivity contribution in [1.82, 2.24) is 0 Å². The maximum atomic E-state index is 11.5. The zero-order chi connectivity index (χ0) is 10.8. The molecule has 1 atom stereocenters. The van der Waals surface area contributed by atoms with Crippen molar-refractivity contribution in [2.75, 3.05) is 0 Å². The summed E-state index contributed by atoms with van der Waals surface area (Å²) in [6.45, 7) is 2.02. The minimum atomic E-state index is 0.213. The topological polar surface area (TPSA) is 17.1 Å². The Labute approximate surface area is 95.4 Å². The van der Waals surface area contributed by atoms with Gasteiger partial charge in [-0.15, -0.1) is 0 Å². The van der Waals surface area contributed by atoms with Crippen molar-refractivity contribution in [2.45, 2.75) is 32.6 Å². The van der Waals surface area contributed by atoms with Gasteiger partial charge in [0.2, 0.25) is 0 Å². The van der Waals surface area contributed by atoms with E-state index in [2.05, 4.69) is 6.07 Å². The van der Waals surface area contributed by atoms with Crippen molar-refractivity contribution in [2.24, 2.45) is 5.92 Å². The number of rotatable bonds is 2. The number of carbonyl (C=O) groups is 1. The van der Waals surface area contributed by atoms with Gasteiger partial charge in [-0.2, -0.15) is 0 Å². The van der Waals surface area contributed by atoms with Gasteiger partial charge in [-0.25, -0.2) is 0 Å². The van der Waals surface area contributed by atoms with Gasteiger partial charge in [-0.3, -0.25) is 4.79 Å². The molecular weight excluding hydrogens is 208 g/mol. The average Bonchev–Trinajstić information content (AvgIpc) is 2.57. The highest BCUT2D eigenvalue weighted by molar-refractivity contribution is 6.31. The standard InChI is InChI=1S/C13H15ClO/c1-9-5-6-10(12(14)7-9)8-11-3-2-4-13(11)15/h5-7,11H,2-4,8H2,1H3. The quantitative estimate of drug-likeness (QED) is 0.748. The number of carbonyl (C=O) groups excluding carboxylic acids is 1. The molecule has 0 aromatic heterocycles. The molecule has 1 fully saturated rings. The van der Waals surface area contributed by atoms with Gasteiger partial charge in [0.05, 0.1) is 0 Å². The Hall–Kier alpha value is -0.820. The number of Topliss-reactive ketones (excluding diaryl/α,β-unsaturated/α-hetero) is 1. The van der Waals surface area contributed by atoms with Crippen LogP contribution in [0.2, 0.25) is 5.02 Å². The molecule has 1 aromatic carbocycles. The fourth-order valence-electron chi connectivity index (χ4n) is 2.19. The molecule has 15 heavy (non-hydrogen) atoms. The Morgan fingerprint density at radius 2 is 2.27 bits per heavy atom. The first-order chi connectivity index (χ1) is 7.16. The van der Waals surface area contributed by atoms with Gasteiger partial charge in [-0.1, -0.05) is 23.7 Å². The molecule has 0 radical (unpaired) electrons. The fourth-order valence-corrected chi connectivity index (χ4v) is 2.50. The largest absolute Gasteiger partial charge is 0.299 e. The number of hydrogen-bond donors (Lipinski definition) is 0. The Morgan fingerprint density at radius 1 is 1.47 bits per heavy atom. The van der Waals surface area contributed by atoms with Crippen molar-refractivity contribution >= 4 is 17.4 Å². The van der Waals surface area contributed by atoms with E-state index in [1.807, 2.05) is 19.1 Å². The van der Waals surface area contributed by atoms with E-state index in [9.17, 15) is 4.79 Å². The van der Waals surface area contributed by atoms with Crippen LogP contribution in [-0.2, 0) is 11.2 Å². The second kappa shape index (κ2) is 4.36. The first kappa shape index (κ1) is 10.7. The van der Waals surface area contributed by atoms with E-state index < -0.39 is 0 Å². The first-order valence-electron chi connectivity index (χ1n) is 5.44. The summed E-state index contributed by atoms with van der Waals surface area (Å²) in [7, 11) is 0. The molecule has 0 saturated heterocycles. The van der Waals surface area contributed by atoms with Crippen LogP contribution in [0.1, 0.15) is 30.4 Å². The van der Waals surface area contributed by atoms with E-state index in [0.717, 1.165) is 36.3 Å². The number of halogens is 1. The van der Waals surface area contributed by atoms with Gasteiger partial charge < -0.3 is 0 Å². The number of hydrogen-bond acceptors (Lipinski definition) is 1. The predicted molar refractivity (Wildman–Crippen MR) is 62.2 cm³/mol. The second-order valence-electron chi connectivity index (χ2n) is 4.35. The number of aryl methyl sites for hydroxylation is 1. The molecule has 1 aliphatic carbocycles. The lowest BCUT2D eigenvalue weighted by Gasteiger charge is -2.09. The van der Waals surface area contributed by atoms with Gasteiger partial charge in [0.25, 0.3) is 0 Å². The molecule has 0 bridgehead atoms. The first-order valence-corrected chi connectivity index (χ1v) is 5.82. The third-order valence-corrected chi connectivity index (χ3v) is 3.46. The Morgan fingerprint density at radius 3 is 2.87 bits per heavy atom. The van der Waals surface area contributed by atoms with Gasteiger partial charge >= 0.3 is 0 Å². The summed E-state index contributed by atoms with van der Waals surface area (Å²) in [5, 5.41) is 0.801. The third-order valence-electron chi connectivity index (χ3n) is 3.11. The van der Waals surface area contributed by atoms with Crippen LogP contribution in [-0.4, -0.2) is 5.78 Å². The SMILES string of the molecule is Cc1ccc(CC2CCCC2=O)c(Cl)c1. The molecular formula is C13H15ClO. The van der Waals surface area contributed by atoms with Crippen LogP contribution in [0.4, 0.5) is 0 Å². The van der Waals surface area contributed by atoms with Gasteiger partial charge in [0, 0.05) is 17.4 Å². The molecule has 80 valence electrons. The summed E-state index contributed by atoms with van der Waals surface area (Å²) in [6.07, 6.45) is 3.65. The lowest BCUT2D eigenvalue weighted by molar-refractivity contribution is -0.120. The van der Waals surface area contributed by atoms with E-state index >= 15 is 0 Å². The molecule has 1 aliphatic rings. The summed E-state index contributed by atoms with van der Waals surface area (Å²) in [5.74, 6) is 0.622. The van der Waals surface area contributed by atoms with Crippen molar-refractivity contribution in [3.8, 4) is 0 Å². The van der Waals surface area contributed by atoms with Crippen molar-refractivity contribution in [3.05, 3.63) is 34.3 Å². The molecule has 2 heteroatoms. The highest BCUT2D eigenvalue weighted by Gasteiger charge is 2.24. The maximum absolute atomic E-state index is 11.5. The molecule has 2 rings (SSSR count). The summed E-state index contributed by atoms with van der Waals surface area (Å²) in [4.78, 5) is 11.5. The smallest absolute Gasteiger partial charge is 0.136 e. The molecule has 1 saturated carbocycles. The Bertz CT molecular complexity index is 384. The fraction of sp³-hybridized carbons (Fsp3) is 0.462. The van der Waals surface area contributed by atoms with Crippen LogP contribution in [0.3, 0.4) is 0 Å². The molecule has 0 amide bonds. The van der Waals surface area contributed by atoms with Crippen molar-refractivity contribution in [1.29, 1.82) is 0 Å². The van der Waals surface area contributed by atoms with E-state index in [1.54, 1.807) is 0 Å². The summed E-state index contributed by atoms with van der Waals surface area (Å²) in [6, 6.07) is 6.07. The summed E-state index contributed by atoms with van der Waals surface area (Å²) >= 11 is 6.14. The van der Waals surface area contributed by atoms with Gasteiger partial charge in [-0.05, 0) is 43.4 Å². The van der Waals surface area contributed by atoms with Crippen molar-refractivity contribution < 1.29 is 4.79 Å². The molecule has 1 aromatic rings. The number of benzene rings is 1. The zero-order valence-electron chi connectivity index (χ0n) is 8.92. The van der Waals surface area contributed by atoms with E-state index in [1.165, 1.54) is 5.56 Å². The van der Waals surface area contributed by atoms with E-state index in [0.29, 0.717) is 5.78 Å². The van der Waals surface area contributed by atoms with Crippen LogP contribution in [0.25, 0.3) is 0 Å². The monoisotopic (exact) mass is 222 g/mol. The minimum Gasteiger partial charge on any atom is -0.299 e. The van der Waals surface area contributed by atoms with E-state index in [-0.39, 0.29) is 5.92 Å². The molecule has 1 unspecified atom stereocenters. The summed E-state index contributed by atoms with van der Waals surface area (Å²) in [5.41, 5.74) is 2.28. The summed E-state index contributed by atoms with van der Waals surface area (Å²) < 4.78 is 0. The van der Waals surface area contributed by atoms with Gasteiger partial charge in [0.1, 0.15) is 5.78 Å². The maximum Gasteiger partial charge on any atom is 0.136 e. The molecule has 0 N–H and O–H groups in total. The van der Waals surface area contributed by atoms with E-state index in [4.69, 9.17) is 11.6 Å². The third kappa shape index (κ3) is 2.40. The lowest BCUT2D eigenvalue weighted by Crippen LogP contribution is -2.09. The zero-order valence-corrected chi connectivity index (χ0v) is 9.68. The molecule has 0 heterocycles. The average molecular weight is 223 g/mol. The normalized spacial score (nSPS) is 20.9. The Kier molecular flexibility index (Phi) is 3.11. The molecule has 0 aliphatic heterocycles. The molecule has 0 spiro atoms. The van der Waals surface area contributed by atoms with Crippen LogP contribution in [0, 0.1) is 12.8 Å². The minimum absolute atomic E-state index is 0.213. The lowest BCUT2D eigenvalue weighted by atomic mass is 9.96. The highest BCUT2D eigenvalue weighted by atomic mass is 35.5. The van der Waals surface area contributed by atoms with Crippen LogP contribution in [0.15, 0.2) is 18.2 Å². The van der Waals surface area contributed by atoms with Crippen LogP contribution < -0.4 is 0 Å². The second-order valence-corrected chi connectivity index (χ2v) is 4.76. The van der Waals surface area contributed by atoms with Crippen LogP contribution in [0.5, 0.6) is 0 Å².